The van der Waals surface area contributed by atoms with E-state index >= 15 is 0 Å². The van der Waals surface area contributed by atoms with Crippen molar-refractivity contribution in [3.05, 3.63) is 66.8 Å². The Hall–Kier alpha value is -1.76. The molecule has 0 aliphatic heterocycles. The van der Waals surface area contributed by atoms with Gasteiger partial charge in [-0.2, -0.15) is 0 Å². The Morgan fingerprint density at radius 1 is 1.39 bits per heavy atom. The molecule has 1 unspecified atom stereocenters. The Labute approximate surface area is 113 Å². The molecule has 2 heteroatoms. The molecule has 0 bridgehead atoms. The minimum absolute atomic E-state index is 0.276. The molecule has 0 amide bonds. The van der Waals surface area contributed by atoms with E-state index in [9.17, 15) is 0 Å². The first kappa shape index (κ1) is 12.7. The Morgan fingerprint density at radius 2 is 2.17 bits per heavy atom. The highest BCUT2D eigenvalue weighted by Gasteiger charge is 2.26. The van der Waals surface area contributed by atoms with E-state index in [2.05, 4.69) is 47.1 Å². The maximum absolute atomic E-state index is 4.74. The first-order valence-corrected chi connectivity index (χ1v) is 6.35. The molecule has 0 saturated heterocycles. The first-order chi connectivity index (χ1) is 8.79. The van der Waals surface area contributed by atoms with E-state index in [1.807, 2.05) is 24.3 Å². The Kier molecular flexibility index (Phi) is 4.03. The monoisotopic (exact) mass is 253 g/mol. The summed E-state index contributed by atoms with van der Waals surface area (Å²) in [5, 5.41) is 2.50. The van der Waals surface area contributed by atoms with Gasteiger partial charge >= 0.3 is 0 Å². The SMILES string of the molecule is C=CCC1(N=C=S)C=CC(c2ccccc2)=CC1. The van der Waals surface area contributed by atoms with Gasteiger partial charge in [-0.05, 0) is 36.2 Å². The van der Waals surface area contributed by atoms with Crippen molar-refractivity contribution in [3.8, 4) is 0 Å². The molecule has 0 saturated carbocycles. The number of nitrogens with zero attached hydrogens (tertiary/aromatic N) is 1. The minimum atomic E-state index is -0.276. The molecule has 0 spiro atoms. The molecule has 1 aromatic rings. The lowest BCUT2D eigenvalue weighted by molar-refractivity contribution is 0.547. The molecule has 18 heavy (non-hydrogen) atoms. The van der Waals surface area contributed by atoms with Crippen molar-refractivity contribution in [2.24, 2.45) is 4.99 Å². The standard InChI is InChI=1S/C16H15NS/c1-2-10-16(17-13-18)11-8-15(9-12-16)14-6-4-3-5-7-14/h2-9,11H,1,10,12H2. The Morgan fingerprint density at radius 3 is 2.72 bits per heavy atom. The second-order valence-electron chi connectivity index (χ2n) is 4.36. The molecule has 0 fully saturated rings. The fourth-order valence-corrected chi connectivity index (χ4v) is 2.31. The summed E-state index contributed by atoms with van der Waals surface area (Å²) < 4.78 is 0. The number of isothiocyanates is 1. The van der Waals surface area contributed by atoms with Crippen LogP contribution >= 0.6 is 12.2 Å². The van der Waals surface area contributed by atoms with Crippen LogP contribution in [0.25, 0.3) is 5.57 Å². The topological polar surface area (TPSA) is 12.4 Å². The smallest absolute Gasteiger partial charge is 0.0962 e. The molecule has 0 heterocycles. The summed E-state index contributed by atoms with van der Waals surface area (Å²) >= 11 is 4.74. The normalized spacial score (nSPS) is 21.9. The van der Waals surface area contributed by atoms with Crippen molar-refractivity contribution in [3.63, 3.8) is 0 Å². The number of hydrogen-bond acceptors (Lipinski definition) is 2. The molecule has 1 nitrogen and oxygen atoms in total. The lowest BCUT2D eigenvalue weighted by Gasteiger charge is -2.25. The van der Waals surface area contributed by atoms with Gasteiger partial charge in [0, 0.05) is 0 Å². The lowest BCUT2D eigenvalue weighted by atomic mass is 9.85. The van der Waals surface area contributed by atoms with Gasteiger partial charge in [-0.15, -0.1) is 6.58 Å². The fourth-order valence-electron chi connectivity index (χ4n) is 2.13. The number of hydrogen-bond donors (Lipinski definition) is 0. The van der Waals surface area contributed by atoms with Crippen LogP contribution in [0.15, 0.2) is 66.2 Å². The summed E-state index contributed by atoms with van der Waals surface area (Å²) in [6.45, 7) is 3.78. The number of benzene rings is 1. The maximum Gasteiger partial charge on any atom is 0.0962 e. The van der Waals surface area contributed by atoms with Gasteiger partial charge in [-0.3, -0.25) is 0 Å². The molecule has 1 atom stereocenters. The highest BCUT2D eigenvalue weighted by atomic mass is 32.1. The van der Waals surface area contributed by atoms with E-state index in [1.54, 1.807) is 0 Å². The van der Waals surface area contributed by atoms with Crippen LogP contribution in [0.4, 0.5) is 0 Å². The number of allylic oxidation sites excluding steroid dienone is 2. The molecule has 0 radical (unpaired) electrons. The zero-order valence-corrected chi connectivity index (χ0v) is 11.0. The molecule has 0 N–H and O–H groups in total. The van der Waals surface area contributed by atoms with Gasteiger partial charge in [0.25, 0.3) is 0 Å². The van der Waals surface area contributed by atoms with Crippen LogP contribution < -0.4 is 0 Å². The van der Waals surface area contributed by atoms with E-state index in [4.69, 9.17) is 12.2 Å². The van der Waals surface area contributed by atoms with Crippen LogP contribution in [0, 0.1) is 0 Å². The average Bonchev–Trinajstić information content (AvgIpc) is 2.41. The zero-order valence-electron chi connectivity index (χ0n) is 10.2. The quantitative estimate of drug-likeness (QED) is 0.439. The van der Waals surface area contributed by atoms with Crippen LogP contribution in [0.2, 0.25) is 0 Å². The lowest BCUT2D eigenvalue weighted by Crippen LogP contribution is -2.23. The van der Waals surface area contributed by atoms with Gasteiger partial charge in [0.2, 0.25) is 0 Å². The molecule has 1 aliphatic rings. The van der Waals surface area contributed by atoms with Crippen LogP contribution in [-0.2, 0) is 0 Å². The summed E-state index contributed by atoms with van der Waals surface area (Å²) in [5.41, 5.74) is 2.18. The Balaban J connectivity index is 2.25. The summed E-state index contributed by atoms with van der Waals surface area (Å²) in [6.07, 6.45) is 9.92. The molecule has 90 valence electrons. The predicted molar refractivity (Wildman–Crippen MR) is 80.7 cm³/mol. The summed E-state index contributed by atoms with van der Waals surface area (Å²) in [5.74, 6) is 0. The second-order valence-corrected chi connectivity index (χ2v) is 4.54. The molecule has 1 aliphatic carbocycles. The van der Waals surface area contributed by atoms with E-state index in [0.717, 1.165) is 12.8 Å². The predicted octanol–water partition coefficient (Wildman–Crippen LogP) is 4.45. The van der Waals surface area contributed by atoms with Gasteiger partial charge in [-0.25, -0.2) is 4.99 Å². The van der Waals surface area contributed by atoms with E-state index < -0.39 is 0 Å². The zero-order chi connectivity index (χ0) is 12.8. The molecular weight excluding hydrogens is 238 g/mol. The van der Waals surface area contributed by atoms with Crippen molar-refractivity contribution in [2.75, 3.05) is 0 Å². The van der Waals surface area contributed by atoms with Gasteiger partial charge in [-0.1, -0.05) is 54.6 Å². The second kappa shape index (κ2) is 5.72. The van der Waals surface area contributed by atoms with Crippen molar-refractivity contribution in [1.82, 2.24) is 0 Å². The molecule has 2 rings (SSSR count). The van der Waals surface area contributed by atoms with Crippen molar-refractivity contribution < 1.29 is 0 Å². The van der Waals surface area contributed by atoms with E-state index in [0.29, 0.717) is 0 Å². The van der Waals surface area contributed by atoms with Crippen LogP contribution in [0.5, 0.6) is 0 Å². The van der Waals surface area contributed by atoms with Crippen molar-refractivity contribution in [1.29, 1.82) is 0 Å². The summed E-state index contributed by atoms with van der Waals surface area (Å²) in [6, 6.07) is 10.3. The minimum Gasteiger partial charge on any atom is -0.221 e. The Bertz CT molecular complexity index is 535. The van der Waals surface area contributed by atoms with Crippen LogP contribution in [0.1, 0.15) is 18.4 Å². The highest BCUT2D eigenvalue weighted by Crippen LogP contribution is 2.31. The number of rotatable bonds is 4. The highest BCUT2D eigenvalue weighted by molar-refractivity contribution is 7.78. The van der Waals surface area contributed by atoms with Crippen LogP contribution in [0.3, 0.4) is 0 Å². The fraction of sp³-hybridized carbons (Fsp3) is 0.188. The van der Waals surface area contributed by atoms with Gasteiger partial charge < -0.3 is 0 Å². The molecule has 0 aromatic heterocycles. The van der Waals surface area contributed by atoms with Crippen molar-refractivity contribution in [2.45, 2.75) is 18.4 Å². The molecular formula is C16H15NS. The van der Waals surface area contributed by atoms with Gasteiger partial charge in [0.1, 0.15) is 0 Å². The van der Waals surface area contributed by atoms with Gasteiger partial charge in [0.05, 0.1) is 10.7 Å². The van der Waals surface area contributed by atoms with Gasteiger partial charge in [0.15, 0.2) is 0 Å². The van der Waals surface area contributed by atoms with E-state index in [1.165, 1.54) is 11.1 Å². The largest absolute Gasteiger partial charge is 0.221 e. The maximum atomic E-state index is 4.74. The molecule has 1 aromatic carbocycles. The van der Waals surface area contributed by atoms with Crippen molar-refractivity contribution >= 4 is 23.0 Å². The third-order valence-electron chi connectivity index (χ3n) is 3.12. The van der Waals surface area contributed by atoms with E-state index in [-0.39, 0.29) is 5.54 Å². The third kappa shape index (κ3) is 2.73. The average molecular weight is 253 g/mol. The van der Waals surface area contributed by atoms with Crippen LogP contribution in [-0.4, -0.2) is 10.7 Å². The summed E-state index contributed by atoms with van der Waals surface area (Å²) in [4.78, 5) is 4.30. The number of aliphatic imine (C=N–C) groups is 1. The first-order valence-electron chi connectivity index (χ1n) is 5.94. The number of thiocarbonyl (C=S) groups is 1. The third-order valence-corrected chi connectivity index (χ3v) is 3.21. The summed E-state index contributed by atoms with van der Waals surface area (Å²) in [7, 11) is 0.